The number of methoxy groups -OCH3 is 3. The number of carbonyl (C=O) groups excluding carboxylic acids is 1. The summed E-state index contributed by atoms with van der Waals surface area (Å²) in [6, 6.07) is 17.3. The number of hydrazone groups is 1. The summed E-state index contributed by atoms with van der Waals surface area (Å²) in [5.41, 5.74) is 4.12. The minimum absolute atomic E-state index is 0.0616. The van der Waals surface area contributed by atoms with Crippen LogP contribution < -0.4 is 24.4 Å². The van der Waals surface area contributed by atoms with Gasteiger partial charge in [-0.2, -0.15) is 5.10 Å². The van der Waals surface area contributed by atoms with Crippen molar-refractivity contribution in [3.05, 3.63) is 77.9 Å². The van der Waals surface area contributed by atoms with Gasteiger partial charge in [0.2, 0.25) is 0 Å². The quantitative estimate of drug-likeness (QED) is 0.355. The molecule has 3 aromatic rings. The lowest BCUT2D eigenvalue weighted by atomic mass is 10.1. The average molecular weight is 484 g/mol. The number of hydrogen-bond acceptors (Lipinski definition) is 7. The molecule has 0 saturated heterocycles. The Hall–Kier alpha value is -4.05. The Morgan fingerprint density at radius 1 is 0.853 bits per heavy atom. The Morgan fingerprint density at radius 2 is 1.53 bits per heavy atom. The van der Waals surface area contributed by atoms with Gasteiger partial charge >= 0.3 is 0 Å². The van der Waals surface area contributed by atoms with Crippen LogP contribution in [0, 0.1) is 0 Å². The Kier molecular flexibility index (Phi) is 7.75. The number of amides is 1. The molecule has 0 aliphatic rings. The van der Waals surface area contributed by atoms with Gasteiger partial charge in [0.15, 0.2) is 0 Å². The second-order valence-corrected chi connectivity index (χ2v) is 8.75. The molecule has 0 aliphatic heterocycles. The first-order valence-corrected chi connectivity index (χ1v) is 11.6. The van der Waals surface area contributed by atoms with Gasteiger partial charge in [0.1, 0.15) is 17.2 Å². The fraction of sp³-hybridized carbons (Fsp3) is 0.167. The lowest BCUT2D eigenvalue weighted by molar-refractivity contribution is 0.0954. The van der Waals surface area contributed by atoms with Gasteiger partial charge in [-0.1, -0.05) is 6.07 Å². The SMILES string of the molecule is COc1ccc(NS(=O)(=O)c2cccc(C(=O)N/N=C(\C)c3ccc(OC)cc3OC)c2)cc1. The van der Waals surface area contributed by atoms with E-state index in [1.807, 2.05) is 0 Å². The number of carbonyl (C=O) groups is 1. The highest BCUT2D eigenvalue weighted by Crippen LogP contribution is 2.25. The van der Waals surface area contributed by atoms with Gasteiger partial charge in [0.25, 0.3) is 15.9 Å². The molecule has 0 heterocycles. The number of nitrogens with one attached hydrogen (secondary N) is 2. The van der Waals surface area contributed by atoms with Crippen molar-refractivity contribution < 1.29 is 27.4 Å². The minimum Gasteiger partial charge on any atom is -0.497 e. The third-order valence-corrected chi connectivity index (χ3v) is 6.25. The summed E-state index contributed by atoms with van der Waals surface area (Å²) in [4.78, 5) is 12.6. The smallest absolute Gasteiger partial charge is 0.271 e. The number of rotatable bonds is 9. The molecular formula is C24H25N3O6S. The van der Waals surface area contributed by atoms with Crippen LogP contribution in [0.5, 0.6) is 17.2 Å². The minimum atomic E-state index is -3.91. The van der Waals surface area contributed by atoms with Crippen LogP contribution in [0.25, 0.3) is 0 Å². The van der Waals surface area contributed by atoms with E-state index in [0.29, 0.717) is 34.2 Å². The van der Waals surface area contributed by atoms with E-state index in [-0.39, 0.29) is 10.5 Å². The molecule has 2 N–H and O–H groups in total. The Labute approximate surface area is 198 Å². The molecule has 0 radical (unpaired) electrons. The van der Waals surface area contributed by atoms with Crippen molar-refractivity contribution in [2.45, 2.75) is 11.8 Å². The van der Waals surface area contributed by atoms with Gasteiger partial charge in [-0.3, -0.25) is 9.52 Å². The van der Waals surface area contributed by atoms with Crippen LogP contribution in [0.15, 0.2) is 76.7 Å². The number of benzene rings is 3. The zero-order valence-corrected chi connectivity index (χ0v) is 20.0. The van der Waals surface area contributed by atoms with Gasteiger partial charge in [-0.05, 0) is 61.5 Å². The molecular weight excluding hydrogens is 458 g/mol. The summed E-state index contributed by atoms with van der Waals surface area (Å²) in [6.07, 6.45) is 0. The standard InChI is InChI=1S/C24H25N3O6S/c1-16(22-13-12-20(32-3)15-23(22)33-4)25-26-24(28)17-6-5-7-21(14-17)34(29,30)27-18-8-10-19(31-2)11-9-18/h5-15,27H,1-4H3,(H,26,28)/b25-16+. The normalized spacial score (nSPS) is 11.5. The maximum Gasteiger partial charge on any atom is 0.271 e. The zero-order chi connectivity index (χ0) is 24.7. The van der Waals surface area contributed by atoms with E-state index in [1.54, 1.807) is 56.5 Å². The van der Waals surface area contributed by atoms with Gasteiger partial charge in [-0.15, -0.1) is 0 Å². The van der Waals surface area contributed by atoms with Crippen LogP contribution in [0.2, 0.25) is 0 Å². The van der Waals surface area contributed by atoms with Crippen LogP contribution in [-0.4, -0.2) is 41.4 Å². The first-order valence-electron chi connectivity index (χ1n) is 10.1. The van der Waals surface area contributed by atoms with Crippen LogP contribution in [0.1, 0.15) is 22.8 Å². The molecule has 0 fully saturated rings. The fourth-order valence-electron chi connectivity index (χ4n) is 3.03. The molecule has 0 saturated carbocycles. The van der Waals surface area contributed by atoms with E-state index in [0.717, 1.165) is 0 Å². The van der Waals surface area contributed by atoms with Gasteiger partial charge in [0.05, 0.1) is 31.9 Å². The predicted octanol–water partition coefficient (Wildman–Crippen LogP) is 3.67. The first kappa shape index (κ1) is 24.6. The highest BCUT2D eigenvalue weighted by molar-refractivity contribution is 7.92. The summed E-state index contributed by atoms with van der Waals surface area (Å²) in [5, 5.41) is 4.13. The molecule has 9 nitrogen and oxygen atoms in total. The molecule has 10 heteroatoms. The molecule has 178 valence electrons. The Balaban J connectivity index is 1.76. The molecule has 0 aromatic heterocycles. The van der Waals surface area contributed by atoms with Crippen molar-refractivity contribution in [1.82, 2.24) is 5.43 Å². The fourth-order valence-corrected chi connectivity index (χ4v) is 4.14. The molecule has 0 aliphatic carbocycles. The molecule has 3 aromatic carbocycles. The number of ether oxygens (including phenoxy) is 3. The lowest BCUT2D eigenvalue weighted by Crippen LogP contribution is -2.20. The monoisotopic (exact) mass is 483 g/mol. The Morgan fingerprint density at radius 3 is 2.18 bits per heavy atom. The molecule has 0 spiro atoms. The van der Waals surface area contributed by atoms with Crippen LogP contribution in [0.4, 0.5) is 5.69 Å². The number of anilines is 1. The molecule has 0 atom stereocenters. The second kappa shape index (κ2) is 10.7. The second-order valence-electron chi connectivity index (χ2n) is 7.07. The highest BCUT2D eigenvalue weighted by Gasteiger charge is 2.17. The van der Waals surface area contributed by atoms with Crippen LogP contribution in [0.3, 0.4) is 0 Å². The third kappa shape index (κ3) is 5.84. The molecule has 0 unspecified atom stereocenters. The van der Waals surface area contributed by atoms with Crippen LogP contribution >= 0.6 is 0 Å². The molecule has 1 amide bonds. The summed E-state index contributed by atoms with van der Waals surface area (Å²) in [5.74, 6) is 1.20. The van der Waals surface area contributed by atoms with E-state index in [4.69, 9.17) is 14.2 Å². The summed E-state index contributed by atoms with van der Waals surface area (Å²) in [6.45, 7) is 1.71. The van der Waals surface area contributed by atoms with Gasteiger partial charge in [0, 0.05) is 22.9 Å². The number of hydrogen-bond donors (Lipinski definition) is 2. The third-order valence-electron chi connectivity index (χ3n) is 4.87. The lowest BCUT2D eigenvalue weighted by Gasteiger charge is -2.11. The number of sulfonamides is 1. The Bertz CT molecular complexity index is 1300. The molecule has 34 heavy (non-hydrogen) atoms. The summed E-state index contributed by atoms with van der Waals surface area (Å²) in [7, 11) is 0.685. The summed E-state index contributed by atoms with van der Waals surface area (Å²) < 4.78 is 43.7. The van der Waals surface area contributed by atoms with Crippen molar-refractivity contribution in [2.75, 3.05) is 26.1 Å². The topological polar surface area (TPSA) is 115 Å². The van der Waals surface area contributed by atoms with Gasteiger partial charge in [-0.25, -0.2) is 13.8 Å². The number of nitrogens with zero attached hydrogens (tertiary/aromatic N) is 1. The van der Waals surface area contributed by atoms with E-state index in [2.05, 4.69) is 15.2 Å². The largest absolute Gasteiger partial charge is 0.497 e. The first-order chi connectivity index (χ1) is 16.3. The highest BCUT2D eigenvalue weighted by atomic mass is 32.2. The van der Waals surface area contributed by atoms with Crippen molar-refractivity contribution in [2.24, 2.45) is 5.10 Å². The van der Waals surface area contributed by atoms with E-state index < -0.39 is 15.9 Å². The van der Waals surface area contributed by atoms with Crippen molar-refractivity contribution >= 4 is 27.3 Å². The maximum atomic E-state index is 12.8. The molecule has 0 bridgehead atoms. The molecule has 3 rings (SSSR count). The predicted molar refractivity (Wildman–Crippen MR) is 129 cm³/mol. The van der Waals surface area contributed by atoms with Crippen molar-refractivity contribution in [3.63, 3.8) is 0 Å². The van der Waals surface area contributed by atoms with E-state index in [9.17, 15) is 13.2 Å². The van der Waals surface area contributed by atoms with Crippen molar-refractivity contribution in [3.8, 4) is 17.2 Å². The summed E-state index contributed by atoms with van der Waals surface area (Å²) >= 11 is 0. The van der Waals surface area contributed by atoms with E-state index in [1.165, 1.54) is 38.5 Å². The van der Waals surface area contributed by atoms with E-state index >= 15 is 0 Å². The maximum absolute atomic E-state index is 12.8. The van der Waals surface area contributed by atoms with Gasteiger partial charge < -0.3 is 14.2 Å². The zero-order valence-electron chi connectivity index (χ0n) is 19.2. The van der Waals surface area contributed by atoms with Crippen molar-refractivity contribution in [1.29, 1.82) is 0 Å². The van der Waals surface area contributed by atoms with Crippen LogP contribution in [-0.2, 0) is 10.0 Å². The average Bonchev–Trinajstić information content (AvgIpc) is 2.86.